The summed E-state index contributed by atoms with van der Waals surface area (Å²) in [7, 11) is -3.38. The molecule has 0 unspecified atom stereocenters. The topological polar surface area (TPSA) is 37.4 Å². The van der Waals surface area contributed by atoms with E-state index in [0.29, 0.717) is 6.42 Å². The lowest BCUT2D eigenvalue weighted by Crippen LogP contribution is -2.75. The smallest absolute Gasteiger partial charge is 0.167 e. The van der Waals surface area contributed by atoms with Crippen LogP contribution >= 0.6 is 0 Å². The zero-order chi connectivity index (χ0) is 21.5. The molecule has 2 heterocycles. The van der Waals surface area contributed by atoms with Crippen molar-refractivity contribution in [2.24, 2.45) is 0 Å². The second kappa shape index (κ2) is 6.55. The Hall–Kier alpha value is -2.43. The van der Waals surface area contributed by atoms with E-state index >= 15 is 0 Å². The molecule has 0 saturated carbocycles. The van der Waals surface area contributed by atoms with Crippen LogP contribution in [0.2, 0.25) is 0 Å². The van der Waals surface area contributed by atoms with E-state index in [4.69, 9.17) is 0 Å². The number of hydrogen-bond acceptors (Lipinski definition) is 3. The highest BCUT2D eigenvalue weighted by Crippen LogP contribution is 2.69. The summed E-state index contributed by atoms with van der Waals surface area (Å²) in [5.74, 6) is 0.0689. The maximum absolute atomic E-state index is 14.5. The first-order valence-electron chi connectivity index (χ1n) is 11.8. The molecule has 32 heavy (non-hydrogen) atoms. The average molecular weight is 442 g/mol. The van der Waals surface area contributed by atoms with Crippen molar-refractivity contribution in [2.75, 3.05) is 13.1 Å². The minimum Gasteiger partial charge on any atom is -0.297 e. The second-order valence-electron chi connectivity index (χ2n) is 9.97. The predicted molar refractivity (Wildman–Crippen MR) is 127 cm³/mol. The Kier molecular flexibility index (Phi) is 3.91. The third-order valence-corrected chi connectivity index (χ3v) is 11.6. The molecule has 8 rings (SSSR count). The van der Waals surface area contributed by atoms with E-state index < -0.39 is 19.8 Å². The molecule has 3 nitrogen and oxygen atoms in total. The van der Waals surface area contributed by atoms with Gasteiger partial charge in [-0.1, -0.05) is 78.9 Å². The Labute approximate surface area is 190 Å². The van der Waals surface area contributed by atoms with Gasteiger partial charge in [0.2, 0.25) is 0 Å². The van der Waals surface area contributed by atoms with E-state index in [9.17, 15) is 8.42 Å². The van der Waals surface area contributed by atoms with Gasteiger partial charge in [0.25, 0.3) is 0 Å². The van der Waals surface area contributed by atoms with E-state index in [2.05, 4.69) is 53.4 Å². The zero-order valence-electron chi connectivity index (χ0n) is 18.0. The van der Waals surface area contributed by atoms with Crippen LogP contribution in [-0.2, 0) is 9.84 Å². The van der Waals surface area contributed by atoms with Crippen LogP contribution in [0.1, 0.15) is 64.2 Å². The number of hydrogen-bond donors (Lipinski definition) is 0. The van der Waals surface area contributed by atoms with E-state index in [0.717, 1.165) is 31.5 Å². The summed E-state index contributed by atoms with van der Waals surface area (Å²) in [6.07, 6.45) is 3.03. The zero-order valence-corrected chi connectivity index (χ0v) is 18.8. The summed E-state index contributed by atoms with van der Waals surface area (Å²) < 4.78 is 28.2. The van der Waals surface area contributed by atoms with Gasteiger partial charge in [0.05, 0.1) is 6.04 Å². The van der Waals surface area contributed by atoms with Gasteiger partial charge in [0.15, 0.2) is 9.84 Å². The molecule has 3 atom stereocenters. The molecule has 0 N–H and O–H groups in total. The predicted octanol–water partition coefficient (Wildman–Crippen LogP) is 5.04. The third kappa shape index (κ3) is 2.18. The molecule has 2 aliphatic heterocycles. The molecule has 0 amide bonds. The van der Waals surface area contributed by atoms with Crippen molar-refractivity contribution in [3.63, 3.8) is 0 Å². The molecule has 4 heteroatoms. The van der Waals surface area contributed by atoms with E-state index in [1.807, 2.05) is 30.3 Å². The first kappa shape index (κ1) is 19.1. The molecule has 0 aromatic heterocycles. The Morgan fingerprint density at radius 3 is 1.84 bits per heavy atom. The van der Waals surface area contributed by atoms with Gasteiger partial charge >= 0.3 is 0 Å². The fraction of sp³-hybridized carbons (Fsp3) is 0.357. The molecule has 162 valence electrons. The summed E-state index contributed by atoms with van der Waals surface area (Å²) in [6, 6.07) is 27.2. The fourth-order valence-corrected chi connectivity index (χ4v) is 10.7. The van der Waals surface area contributed by atoms with Gasteiger partial charge in [0.1, 0.15) is 10.00 Å². The van der Waals surface area contributed by atoms with Gasteiger partial charge in [-0.3, -0.25) is 4.90 Å². The van der Waals surface area contributed by atoms with Gasteiger partial charge in [0, 0.05) is 11.8 Å². The minimum atomic E-state index is -3.38. The maximum Gasteiger partial charge on any atom is 0.167 e. The SMILES string of the molecule is O=S1(=O)[C@H](c2ccccc2)[C@H](N2CCCC2)[C@]12CC1c3ccccc3C2c2ccccc21. The van der Waals surface area contributed by atoms with Crippen LogP contribution in [0.5, 0.6) is 0 Å². The lowest BCUT2D eigenvalue weighted by Gasteiger charge is -2.65. The summed E-state index contributed by atoms with van der Waals surface area (Å²) >= 11 is 0. The van der Waals surface area contributed by atoms with Gasteiger partial charge < -0.3 is 0 Å². The molecule has 2 fully saturated rings. The highest BCUT2D eigenvalue weighted by Gasteiger charge is 2.75. The molecular weight excluding hydrogens is 414 g/mol. The molecule has 2 bridgehead atoms. The van der Waals surface area contributed by atoms with Gasteiger partial charge in [-0.25, -0.2) is 8.42 Å². The first-order chi connectivity index (χ1) is 15.6. The average Bonchev–Trinajstić information content (AvgIpc) is 3.37. The monoisotopic (exact) mass is 441 g/mol. The Balaban J connectivity index is 1.49. The van der Waals surface area contributed by atoms with Crippen molar-refractivity contribution >= 4 is 9.84 Å². The minimum absolute atomic E-state index is 0.0339. The Bertz CT molecular complexity index is 1260. The van der Waals surface area contributed by atoms with Crippen molar-refractivity contribution in [1.82, 2.24) is 4.90 Å². The van der Waals surface area contributed by atoms with Crippen LogP contribution in [0.25, 0.3) is 0 Å². The van der Waals surface area contributed by atoms with Crippen molar-refractivity contribution in [2.45, 2.75) is 47.1 Å². The van der Waals surface area contributed by atoms with Crippen LogP contribution in [0.15, 0.2) is 78.9 Å². The van der Waals surface area contributed by atoms with Crippen LogP contribution in [-0.4, -0.2) is 37.2 Å². The highest BCUT2D eigenvalue weighted by atomic mass is 32.2. The van der Waals surface area contributed by atoms with Gasteiger partial charge in [-0.05, 0) is 60.2 Å². The summed E-state index contributed by atoms with van der Waals surface area (Å²) in [6.45, 7) is 2.01. The summed E-state index contributed by atoms with van der Waals surface area (Å²) in [5, 5.41) is -0.430. The molecule has 3 aliphatic carbocycles. The first-order valence-corrected chi connectivity index (χ1v) is 13.4. The van der Waals surface area contributed by atoms with E-state index in [1.165, 1.54) is 22.3 Å². The molecule has 3 aromatic rings. The van der Waals surface area contributed by atoms with Crippen LogP contribution in [0.4, 0.5) is 0 Å². The standard InChI is InChI=1S/C28H27NO2S/c30-32(31)26(19-10-2-1-3-11-19)27(29-16-8-9-17-29)28(32)18-24-20-12-4-6-14-22(20)25(28)23-15-7-5-13-21(23)24/h1-7,10-15,24-27H,8-9,16-18H2/t24?,25?,26-,27+,28-/m1/s1. The van der Waals surface area contributed by atoms with Crippen molar-refractivity contribution in [1.29, 1.82) is 0 Å². The lowest BCUT2D eigenvalue weighted by molar-refractivity contribution is 0.118. The largest absolute Gasteiger partial charge is 0.297 e. The number of rotatable bonds is 2. The number of benzene rings is 3. The fourth-order valence-electron chi connectivity index (χ4n) is 7.56. The highest BCUT2D eigenvalue weighted by molar-refractivity contribution is 7.94. The van der Waals surface area contributed by atoms with Crippen LogP contribution in [0, 0.1) is 0 Å². The molecule has 3 aromatic carbocycles. The number of nitrogens with zero attached hydrogens (tertiary/aromatic N) is 1. The van der Waals surface area contributed by atoms with E-state index in [-0.39, 0.29) is 17.9 Å². The Morgan fingerprint density at radius 1 is 0.719 bits per heavy atom. The van der Waals surface area contributed by atoms with Crippen molar-refractivity contribution < 1.29 is 8.42 Å². The molecule has 2 saturated heterocycles. The van der Waals surface area contributed by atoms with Crippen LogP contribution < -0.4 is 0 Å². The number of likely N-dealkylation sites (tertiary alicyclic amines) is 1. The third-order valence-electron chi connectivity index (χ3n) is 8.69. The molecule has 0 radical (unpaired) electrons. The number of sulfone groups is 1. The molecule has 5 aliphatic rings. The Morgan fingerprint density at radius 2 is 1.25 bits per heavy atom. The molecule has 1 spiro atoms. The summed E-state index contributed by atoms with van der Waals surface area (Å²) in [4.78, 5) is 2.52. The van der Waals surface area contributed by atoms with Crippen molar-refractivity contribution in [3.05, 3.63) is 107 Å². The maximum atomic E-state index is 14.5. The van der Waals surface area contributed by atoms with Crippen LogP contribution in [0.3, 0.4) is 0 Å². The van der Waals surface area contributed by atoms with Crippen molar-refractivity contribution in [3.8, 4) is 0 Å². The quantitative estimate of drug-likeness (QED) is 0.559. The van der Waals surface area contributed by atoms with Gasteiger partial charge in [-0.15, -0.1) is 0 Å². The van der Waals surface area contributed by atoms with E-state index in [1.54, 1.807) is 0 Å². The lowest BCUT2D eigenvalue weighted by atomic mass is 9.56. The summed E-state index contributed by atoms with van der Waals surface area (Å²) in [5.41, 5.74) is 6.10. The second-order valence-corrected chi connectivity index (χ2v) is 12.3. The normalized spacial score (nSPS) is 34.1. The van der Waals surface area contributed by atoms with Gasteiger partial charge in [-0.2, -0.15) is 0 Å². The molecular formula is C28H27NO2S.